The lowest BCUT2D eigenvalue weighted by Crippen LogP contribution is -2.36. The number of carbonyl (C=O) groups excluding carboxylic acids is 1. The summed E-state index contributed by atoms with van der Waals surface area (Å²) in [5.41, 5.74) is 7.61. The van der Waals surface area contributed by atoms with Crippen LogP contribution < -0.4 is 0 Å². The van der Waals surface area contributed by atoms with Crippen LogP contribution in [-0.4, -0.2) is 59.9 Å². The Hall–Kier alpha value is -4.73. The van der Waals surface area contributed by atoms with E-state index in [2.05, 4.69) is 50.3 Å². The van der Waals surface area contributed by atoms with Gasteiger partial charge in [0.2, 0.25) is 0 Å². The zero-order valence-electron chi connectivity index (χ0n) is 24.8. The molecule has 2 aromatic carbocycles. The van der Waals surface area contributed by atoms with E-state index in [-0.39, 0.29) is 17.8 Å². The minimum Gasteiger partial charge on any atom is -0.477 e. The number of carboxylic acids is 1. The number of imidazole rings is 2. The number of H-pyrrole nitrogens is 2. The summed E-state index contributed by atoms with van der Waals surface area (Å²) in [4.78, 5) is 41.7. The van der Waals surface area contributed by atoms with E-state index in [1.54, 1.807) is 11.1 Å². The standard InChI is InChI=1S/C33H36N6O4/c1-5-22(28(34)31(40)41)29-35-16-25(37-29)18-8-10-23-20(13-18)15-21-14-19(9-11-24(21)23)26-17-36-30(38-26)27-7-6-12-39(27)32(42)43-33(2,3)4/h8-11,13-14,16-17,22,27,34H,5-7,12,15H2,1-4H3,(H,35,37)(H,36,38)(H,40,41). The Labute approximate surface area is 250 Å². The fraction of sp³-hybridized carbons (Fsp3) is 0.364. The second-order valence-electron chi connectivity index (χ2n) is 12.3. The van der Waals surface area contributed by atoms with Crippen molar-refractivity contribution in [3.8, 4) is 33.6 Å². The number of fused-ring (bicyclic) bond motifs is 3. The van der Waals surface area contributed by atoms with Crippen molar-refractivity contribution in [3.05, 3.63) is 71.6 Å². The second-order valence-corrected chi connectivity index (χ2v) is 12.3. The molecule has 222 valence electrons. The molecule has 6 rings (SSSR count). The first-order chi connectivity index (χ1) is 20.5. The molecular formula is C33H36N6O4. The van der Waals surface area contributed by atoms with E-state index >= 15 is 0 Å². The van der Waals surface area contributed by atoms with Crippen molar-refractivity contribution >= 4 is 17.8 Å². The predicted molar refractivity (Wildman–Crippen MR) is 163 cm³/mol. The van der Waals surface area contributed by atoms with E-state index in [1.165, 1.54) is 22.3 Å². The largest absolute Gasteiger partial charge is 0.477 e. The highest BCUT2D eigenvalue weighted by Gasteiger charge is 2.35. The number of rotatable bonds is 7. The highest BCUT2D eigenvalue weighted by Crippen LogP contribution is 2.41. The van der Waals surface area contributed by atoms with Gasteiger partial charge in [-0.05, 0) is 92.0 Å². The van der Waals surface area contributed by atoms with Crippen LogP contribution in [0.1, 0.15) is 81.7 Å². The van der Waals surface area contributed by atoms with Crippen LogP contribution in [-0.2, 0) is 16.0 Å². The number of likely N-dealkylation sites (tertiary alicyclic amines) is 1. The molecule has 10 heteroatoms. The quantitative estimate of drug-likeness (QED) is 0.157. The number of benzene rings is 2. The molecule has 0 saturated carbocycles. The number of hydrogen-bond donors (Lipinski definition) is 4. The van der Waals surface area contributed by atoms with Gasteiger partial charge in [-0.15, -0.1) is 0 Å². The van der Waals surface area contributed by atoms with Crippen molar-refractivity contribution in [2.24, 2.45) is 0 Å². The molecule has 4 aromatic rings. The molecule has 1 aliphatic carbocycles. The smallest absolute Gasteiger partial charge is 0.410 e. The van der Waals surface area contributed by atoms with Gasteiger partial charge in [-0.2, -0.15) is 0 Å². The number of nitrogens with one attached hydrogen (secondary N) is 3. The monoisotopic (exact) mass is 580 g/mol. The molecule has 3 heterocycles. The third-order valence-electron chi connectivity index (χ3n) is 8.21. The first-order valence-electron chi connectivity index (χ1n) is 14.7. The second kappa shape index (κ2) is 10.8. The van der Waals surface area contributed by atoms with Crippen molar-refractivity contribution in [2.45, 2.75) is 70.9 Å². The third kappa shape index (κ3) is 5.45. The maximum absolute atomic E-state index is 12.8. The van der Waals surface area contributed by atoms with Crippen LogP contribution in [0.3, 0.4) is 0 Å². The summed E-state index contributed by atoms with van der Waals surface area (Å²) >= 11 is 0. The van der Waals surface area contributed by atoms with Gasteiger partial charge < -0.3 is 19.8 Å². The van der Waals surface area contributed by atoms with Gasteiger partial charge in [0.1, 0.15) is 23.0 Å². The summed E-state index contributed by atoms with van der Waals surface area (Å²) in [5, 5.41) is 17.2. The number of aliphatic carboxylic acids is 1. The van der Waals surface area contributed by atoms with Gasteiger partial charge in [0, 0.05) is 6.54 Å². The maximum atomic E-state index is 12.8. The summed E-state index contributed by atoms with van der Waals surface area (Å²) in [5.74, 6) is -0.550. The fourth-order valence-corrected chi connectivity index (χ4v) is 6.13. The summed E-state index contributed by atoms with van der Waals surface area (Å²) in [6, 6.07) is 12.6. The Morgan fingerprint density at radius 2 is 1.67 bits per heavy atom. The average Bonchev–Trinajstić information content (AvgIpc) is 3.76. The molecular weight excluding hydrogens is 544 g/mol. The van der Waals surface area contributed by atoms with E-state index in [4.69, 9.17) is 10.1 Å². The lowest BCUT2D eigenvalue weighted by atomic mass is 9.99. The predicted octanol–water partition coefficient (Wildman–Crippen LogP) is 6.71. The van der Waals surface area contributed by atoms with Gasteiger partial charge in [-0.1, -0.05) is 31.2 Å². The van der Waals surface area contributed by atoms with Gasteiger partial charge in [-0.3, -0.25) is 10.3 Å². The van der Waals surface area contributed by atoms with Crippen molar-refractivity contribution in [1.29, 1.82) is 5.41 Å². The van der Waals surface area contributed by atoms with Crippen LogP contribution in [0.15, 0.2) is 48.8 Å². The van der Waals surface area contributed by atoms with Crippen LogP contribution in [0.2, 0.25) is 0 Å². The molecule has 2 atom stereocenters. The topological polar surface area (TPSA) is 148 Å². The van der Waals surface area contributed by atoms with Crippen molar-refractivity contribution in [2.75, 3.05) is 6.54 Å². The van der Waals surface area contributed by atoms with Gasteiger partial charge in [0.05, 0.1) is 35.7 Å². The van der Waals surface area contributed by atoms with Crippen LogP contribution in [0.4, 0.5) is 4.79 Å². The lowest BCUT2D eigenvalue weighted by Gasteiger charge is -2.27. The number of aromatic amines is 2. The molecule has 2 aliphatic rings. The summed E-state index contributed by atoms with van der Waals surface area (Å²) < 4.78 is 5.63. The molecule has 1 fully saturated rings. The molecule has 43 heavy (non-hydrogen) atoms. The Bertz CT molecular complexity index is 1730. The lowest BCUT2D eigenvalue weighted by molar-refractivity contribution is -0.129. The van der Waals surface area contributed by atoms with Crippen molar-refractivity contribution in [3.63, 3.8) is 0 Å². The summed E-state index contributed by atoms with van der Waals surface area (Å²) in [7, 11) is 0. The van der Waals surface area contributed by atoms with Crippen LogP contribution in [0, 0.1) is 5.41 Å². The third-order valence-corrected chi connectivity index (χ3v) is 8.21. The first-order valence-corrected chi connectivity index (χ1v) is 14.7. The maximum Gasteiger partial charge on any atom is 0.410 e. The Morgan fingerprint density at radius 1 is 1.05 bits per heavy atom. The van der Waals surface area contributed by atoms with E-state index in [1.807, 2.05) is 40.0 Å². The van der Waals surface area contributed by atoms with Crippen molar-refractivity contribution < 1.29 is 19.4 Å². The van der Waals surface area contributed by atoms with E-state index in [9.17, 15) is 14.7 Å². The molecule has 2 aromatic heterocycles. The Morgan fingerprint density at radius 3 is 2.28 bits per heavy atom. The van der Waals surface area contributed by atoms with Crippen LogP contribution >= 0.6 is 0 Å². The van der Waals surface area contributed by atoms with Gasteiger partial charge in [0.25, 0.3) is 0 Å². The fourth-order valence-electron chi connectivity index (χ4n) is 6.13. The molecule has 1 aliphatic heterocycles. The number of ether oxygens (including phenoxy) is 1. The highest BCUT2D eigenvalue weighted by atomic mass is 16.6. The van der Waals surface area contributed by atoms with Gasteiger partial charge >= 0.3 is 12.1 Å². The molecule has 2 unspecified atom stereocenters. The zero-order valence-corrected chi connectivity index (χ0v) is 24.8. The van der Waals surface area contributed by atoms with Gasteiger partial charge in [0.15, 0.2) is 0 Å². The molecule has 0 radical (unpaired) electrons. The van der Waals surface area contributed by atoms with E-state index in [0.29, 0.717) is 18.8 Å². The zero-order chi connectivity index (χ0) is 30.5. The van der Waals surface area contributed by atoms with Crippen LogP contribution in [0.5, 0.6) is 0 Å². The number of carboxylic acid groups (broad SMARTS) is 1. The minimum atomic E-state index is -1.23. The van der Waals surface area contributed by atoms with Crippen LogP contribution in [0.25, 0.3) is 33.6 Å². The molecule has 1 saturated heterocycles. The van der Waals surface area contributed by atoms with E-state index in [0.717, 1.165) is 47.6 Å². The first kappa shape index (κ1) is 28.4. The van der Waals surface area contributed by atoms with E-state index < -0.39 is 17.5 Å². The number of aromatic nitrogens is 4. The Kier molecular flexibility index (Phi) is 7.15. The number of nitrogens with zero attached hydrogens (tertiary/aromatic N) is 3. The number of hydrogen-bond acceptors (Lipinski definition) is 6. The molecule has 1 amide bonds. The minimum absolute atomic E-state index is 0.133. The normalized spacial score (nSPS) is 16.6. The molecule has 10 nitrogen and oxygen atoms in total. The molecule has 4 N–H and O–H groups in total. The number of amides is 1. The highest BCUT2D eigenvalue weighted by molar-refractivity contribution is 6.36. The SMILES string of the molecule is CCC(C(=N)C(=O)O)c1ncc(-c2ccc3c(c2)Cc2cc(-c4cnc(C5CCCN5C(=O)OC(C)(C)C)[nH]4)ccc2-3)[nH]1. The Balaban J connectivity index is 1.20. The summed E-state index contributed by atoms with van der Waals surface area (Å²) in [6.07, 6.45) is 6.24. The summed E-state index contributed by atoms with van der Waals surface area (Å²) in [6.45, 7) is 8.13. The molecule has 0 spiro atoms. The van der Waals surface area contributed by atoms with Gasteiger partial charge in [-0.25, -0.2) is 19.6 Å². The molecule has 0 bridgehead atoms. The number of carbonyl (C=O) groups is 2. The van der Waals surface area contributed by atoms with Crippen molar-refractivity contribution in [1.82, 2.24) is 24.8 Å². The average molecular weight is 581 g/mol.